The summed E-state index contributed by atoms with van der Waals surface area (Å²) in [5, 5.41) is 9.00. The summed E-state index contributed by atoms with van der Waals surface area (Å²) < 4.78 is 0. The number of carbonyl (C=O) groups is 2. The number of nitrogens with one attached hydrogen (secondary N) is 3. The van der Waals surface area contributed by atoms with Crippen LogP contribution in [0.25, 0.3) is 0 Å². The lowest BCUT2D eigenvalue weighted by molar-refractivity contribution is -0.122. The van der Waals surface area contributed by atoms with E-state index in [1.165, 1.54) is 0 Å². The Bertz CT molecular complexity index is 790. The number of carbonyl (C=O) groups excluding carboxylic acids is 2. The first-order valence-corrected chi connectivity index (χ1v) is 8.37. The third kappa shape index (κ3) is 5.50. The molecule has 0 aliphatic carbocycles. The maximum Gasteiger partial charge on any atom is 0.243 e. The van der Waals surface area contributed by atoms with Crippen LogP contribution in [0.3, 0.4) is 0 Å². The van der Waals surface area contributed by atoms with Crippen molar-refractivity contribution < 1.29 is 9.59 Å². The van der Waals surface area contributed by atoms with E-state index in [2.05, 4.69) is 16.0 Å². The first-order chi connectivity index (χ1) is 11.9. The zero-order valence-electron chi connectivity index (χ0n) is 14.6. The van der Waals surface area contributed by atoms with Crippen molar-refractivity contribution in [2.24, 2.45) is 0 Å². The Kier molecular flexibility index (Phi) is 6.42. The second-order valence-corrected chi connectivity index (χ2v) is 6.32. The maximum atomic E-state index is 12.0. The molecule has 0 aliphatic heterocycles. The fourth-order valence-corrected chi connectivity index (χ4v) is 2.45. The van der Waals surface area contributed by atoms with E-state index in [-0.39, 0.29) is 24.9 Å². The molecule has 0 heterocycles. The van der Waals surface area contributed by atoms with Crippen LogP contribution in [0.2, 0.25) is 5.02 Å². The molecule has 0 fully saturated rings. The molecule has 0 saturated carbocycles. The van der Waals surface area contributed by atoms with Gasteiger partial charge in [-0.2, -0.15) is 0 Å². The summed E-state index contributed by atoms with van der Waals surface area (Å²) in [4.78, 5) is 23.9. The lowest BCUT2D eigenvalue weighted by Gasteiger charge is -2.12. The molecule has 3 N–H and O–H groups in total. The smallest absolute Gasteiger partial charge is 0.243 e. The van der Waals surface area contributed by atoms with E-state index in [1.54, 1.807) is 18.2 Å². The van der Waals surface area contributed by atoms with Crippen molar-refractivity contribution >= 4 is 34.8 Å². The van der Waals surface area contributed by atoms with Crippen LogP contribution in [0.4, 0.5) is 11.4 Å². The molecule has 2 aromatic rings. The average molecular weight is 360 g/mol. The summed E-state index contributed by atoms with van der Waals surface area (Å²) in [7, 11) is 0. The second kappa shape index (κ2) is 8.53. The van der Waals surface area contributed by atoms with Crippen LogP contribution in [0.15, 0.2) is 36.4 Å². The minimum Gasteiger partial charge on any atom is -0.376 e. The number of hydrogen-bond acceptors (Lipinski definition) is 3. The van der Waals surface area contributed by atoms with Crippen molar-refractivity contribution in [3.05, 3.63) is 58.1 Å². The van der Waals surface area contributed by atoms with E-state index >= 15 is 0 Å². The number of halogens is 1. The van der Waals surface area contributed by atoms with Gasteiger partial charge in [-0.3, -0.25) is 9.59 Å². The van der Waals surface area contributed by atoms with Crippen LogP contribution in [-0.2, 0) is 9.59 Å². The molecule has 0 radical (unpaired) electrons. The highest BCUT2D eigenvalue weighted by Gasteiger charge is 2.09. The fourth-order valence-electron chi connectivity index (χ4n) is 2.28. The van der Waals surface area contributed by atoms with Gasteiger partial charge < -0.3 is 16.0 Å². The average Bonchev–Trinajstić information content (AvgIpc) is 2.58. The number of benzene rings is 2. The molecule has 0 atom stereocenters. The van der Waals surface area contributed by atoms with Crippen molar-refractivity contribution in [2.45, 2.75) is 20.8 Å². The van der Waals surface area contributed by atoms with Crippen LogP contribution < -0.4 is 16.0 Å². The summed E-state index contributed by atoms with van der Waals surface area (Å²) in [5.41, 5.74) is 4.52. The molecular weight excluding hydrogens is 338 g/mol. The Morgan fingerprint density at radius 1 is 0.960 bits per heavy atom. The Morgan fingerprint density at radius 3 is 2.48 bits per heavy atom. The van der Waals surface area contributed by atoms with E-state index in [4.69, 9.17) is 11.6 Å². The molecule has 2 amide bonds. The van der Waals surface area contributed by atoms with Gasteiger partial charge in [-0.15, -0.1) is 0 Å². The van der Waals surface area contributed by atoms with Gasteiger partial charge in [-0.05, 0) is 55.7 Å². The SMILES string of the molecule is Cc1ccc(C)c(NCC(=O)NCC(=O)Nc2cccc(Cl)c2C)c1. The van der Waals surface area contributed by atoms with Gasteiger partial charge in [0.25, 0.3) is 0 Å². The van der Waals surface area contributed by atoms with E-state index in [1.807, 2.05) is 39.0 Å². The predicted octanol–water partition coefficient (Wildman–Crippen LogP) is 3.43. The number of hydrogen-bond donors (Lipinski definition) is 3. The van der Waals surface area contributed by atoms with E-state index < -0.39 is 0 Å². The molecule has 0 bridgehead atoms. The van der Waals surface area contributed by atoms with Gasteiger partial charge in [-0.1, -0.05) is 29.8 Å². The van der Waals surface area contributed by atoms with Gasteiger partial charge in [0.1, 0.15) is 0 Å². The monoisotopic (exact) mass is 359 g/mol. The molecule has 132 valence electrons. The van der Waals surface area contributed by atoms with E-state index in [0.717, 1.165) is 22.4 Å². The topological polar surface area (TPSA) is 70.2 Å². The van der Waals surface area contributed by atoms with E-state index in [0.29, 0.717) is 10.7 Å². The van der Waals surface area contributed by atoms with Crippen molar-refractivity contribution in [3.8, 4) is 0 Å². The molecule has 5 nitrogen and oxygen atoms in total. The summed E-state index contributed by atoms with van der Waals surface area (Å²) >= 11 is 6.02. The molecule has 0 saturated heterocycles. The first-order valence-electron chi connectivity index (χ1n) is 7.99. The molecule has 0 unspecified atom stereocenters. The van der Waals surface area contributed by atoms with Gasteiger partial charge >= 0.3 is 0 Å². The van der Waals surface area contributed by atoms with Crippen molar-refractivity contribution in [1.82, 2.24) is 5.32 Å². The highest BCUT2D eigenvalue weighted by Crippen LogP contribution is 2.22. The Balaban J connectivity index is 1.80. The summed E-state index contributed by atoms with van der Waals surface area (Å²) in [6, 6.07) is 11.3. The zero-order chi connectivity index (χ0) is 18.4. The molecule has 25 heavy (non-hydrogen) atoms. The van der Waals surface area contributed by atoms with Crippen LogP contribution in [0, 0.1) is 20.8 Å². The van der Waals surface area contributed by atoms with Crippen molar-refractivity contribution in [3.63, 3.8) is 0 Å². The zero-order valence-corrected chi connectivity index (χ0v) is 15.3. The lowest BCUT2D eigenvalue weighted by Crippen LogP contribution is -2.36. The normalized spacial score (nSPS) is 10.2. The molecule has 6 heteroatoms. The molecule has 0 aromatic heterocycles. The maximum absolute atomic E-state index is 12.0. The summed E-state index contributed by atoms with van der Waals surface area (Å²) in [5.74, 6) is -0.552. The Morgan fingerprint density at radius 2 is 1.72 bits per heavy atom. The minimum absolute atomic E-state index is 0.0980. The highest BCUT2D eigenvalue weighted by molar-refractivity contribution is 6.31. The Labute approximate surface area is 152 Å². The minimum atomic E-state index is -0.301. The van der Waals surface area contributed by atoms with Crippen LogP contribution in [0.1, 0.15) is 16.7 Å². The number of aryl methyl sites for hydroxylation is 2. The predicted molar refractivity (Wildman–Crippen MR) is 102 cm³/mol. The van der Waals surface area contributed by atoms with Crippen LogP contribution in [-0.4, -0.2) is 24.9 Å². The quantitative estimate of drug-likeness (QED) is 0.740. The molecule has 2 aromatic carbocycles. The second-order valence-electron chi connectivity index (χ2n) is 5.91. The van der Waals surface area contributed by atoms with Crippen molar-refractivity contribution in [2.75, 3.05) is 23.7 Å². The largest absolute Gasteiger partial charge is 0.376 e. The first kappa shape index (κ1) is 18.8. The highest BCUT2D eigenvalue weighted by atomic mass is 35.5. The van der Waals surface area contributed by atoms with Gasteiger partial charge in [0, 0.05) is 16.4 Å². The Hall–Kier alpha value is -2.53. The molecular formula is C19H22ClN3O2. The lowest BCUT2D eigenvalue weighted by atomic mass is 10.1. The van der Waals surface area contributed by atoms with Gasteiger partial charge in [0.15, 0.2) is 0 Å². The third-order valence-electron chi connectivity index (χ3n) is 3.82. The number of rotatable bonds is 6. The molecule has 2 rings (SSSR count). The molecule has 0 spiro atoms. The number of amides is 2. The molecule has 0 aliphatic rings. The van der Waals surface area contributed by atoms with Crippen molar-refractivity contribution in [1.29, 1.82) is 0 Å². The fraction of sp³-hybridized carbons (Fsp3) is 0.263. The summed E-state index contributed by atoms with van der Waals surface area (Å²) in [6.45, 7) is 5.80. The van der Waals surface area contributed by atoms with Crippen LogP contribution in [0.5, 0.6) is 0 Å². The van der Waals surface area contributed by atoms with E-state index in [9.17, 15) is 9.59 Å². The van der Waals surface area contributed by atoms with Gasteiger partial charge in [0.2, 0.25) is 11.8 Å². The van der Waals surface area contributed by atoms with Gasteiger partial charge in [-0.25, -0.2) is 0 Å². The standard InChI is InChI=1S/C19H22ClN3O2/c1-12-7-8-13(2)17(9-12)21-10-18(24)22-11-19(25)23-16-6-4-5-15(20)14(16)3/h4-9,21H,10-11H2,1-3H3,(H,22,24)(H,23,25). The third-order valence-corrected chi connectivity index (χ3v) is 4.23. The van der Waals surface area contributed by atoms with Crippen LogP contribution >= 0.6 is 11.6 Å². The van der Waals surface area contributed by atoms with Gasteiger partial charge in [0.05, 0.1) is 13.1 Å². The summed E-state index contributed by atoms with van der Waals surface area (Å²) in [6.07, 6.45) is 0. The number of anilines is 2.